The van der Waals surface area contributed by atoms with Gasteiger partial charge in [-0.15, -0.1) is 0 Å². The lowest BCUT2D eigenvalue weighted by Crippen LogP contribution is -2.09. The second kappa shape index (κ2) is 19.0. The number of hydrogen-bond acceptors (Lipinski definition) is 2. The van der Waals surface area contributed by atoms with Crippen molar-refractivity contribution in [3.05, 3.63) is 303 Å². The van der Waals surface area contributed by atoms with Gasteiger partial charge in [0.2, 0.25) is 0 Å². The van der Waals surface area contributed by atoms with E-state index < -0.39 is 0 Å². The Morgan fingerprint density at radius 3 is 1.20 bits per heavy atom. The zero-order valence-corrected chi connectivity index (χ0v) is 44.2. The largest absolute Gasteiger partial charge is 0.456 e. The van der Waals surface area contributed by atoms with Crippen LogP contribution in [0.25, 0.3) is 137 Å². The highest BCUT2D eigenvalue weighted by Crippen LogP contribution is 2.43. The van der Waals surface area contributed by atoms with Crippen LogP contribution in [0.3, 0.4) is 0 Å². The molecule has 0 saturated heterocycles. The Balaban J connectivity index is 0.774. The molecule has 3 nitrogen and oxygen atoms in total. The first-order chi connectivity index (χ1) is 40.1. The van der Waals surface area contributed by atoms with Crippen molar-refractivity contribution in [1.29, 1.82) is 0 Å². The summed E-state index contributed by atoms with van der Waals surface area (Å²) in [5.41, 5.74) is 20.3. The number of fused-ring (bicyclic) bond motifs is 12. The summed E-state index contributed by atoms with van der Waals surface area (Å²) in [6.45, 7) is 0. The van der Waals surface area contributed by atoms with Crippen LogP contribution in [0.15, 0.2) is 308 Å². The topological polar surface area (TPSA) is 21.3 Å². The molecule has 0 fully saturated rings. The Hall–Kier alpha value is -10.7. The number of nitrogens with zero attached hydrogens (tertiary/aromatic N) is 2. The van der Waals surface area contributed by atoms with E-state index in [1.165, 1.54) is 82.0 Å². The number of benzene rings is 14. The molecule has 16 aromatic rings. The number of rotatable bonds is 9. The quantitative estimate of drug-likeness (QED) is 0.134. The molecule has 14 aromatic carbocycles. The van der Waals surface area contributed by atoms with E-state index in [0.29, 0.717) is 0 Å². The molecule has 0 spiro atoms. The minimum absolute atomic E-state index is 0.898. The molecule has 0 saturated carbocycles. The van der Waals surface area contributed by atoms with Gasteiger partial charge in [-0.25, -0.2) is 0 Å². The Morgan fingerprint density at radius 1 is 0.235 bits per heavy atom. The zero-order chi connectivity index (χ0) is 53.4. The molecule has 378 valence electrons. The van der Waals surface area contributed by atoms with Gasteiger partial charge in [0.05, 0.1) is 11.0 Å². The van der Waals surface area contributed by atoms with Crippen molar-refractivity contribution in [2.45, 2.75) is 0 Å². The van der Waals surface area contributed by atoms with Crippen LogP contribution in [0.2, 0.25) is 0 Å². The van der Waals surface area contributed by atoms with E-state index in [9.17, 15) is 0 Å². The van der Waals surface area contributed by atoms with Gasteiger partial charge >= 0.3 is 0 Å². The molecule has 0 atom stereocenters. The molecule has 16 rings (SSSR count). The molecule has 0 amide bonds. The third-order valence-corrected chi connectivity index (χ3v) is 16.6. The van der Waals surface area contributed by atoms with Gasteiger partial charge in [-0.2, -0.15) is 0 Å². The van der Waals surface area contributed by atoms with Crippen LogP contribution in [0.5, 0.6) is 0 Å². The Kier molecular flexibility index (Phi) is 10.9. The number of hydrogen-bond donors (Lipinski definition) is 0. The van der Waals surface area contributed by atoms with Crippen molar-refractivity contribution in [2.75, 3.05) is 4.90 Å². The van der Waals surface area contributed by atoms with E-state index in [1.54, 1.807) is 0 Å². The van der Waals surface area contributed by atoms with Crippen LogP contribution in [0, 0.1) is 0 Å². The summed E-state index contributed by atoms with van der Waals surface area (Å²) in [4.78, 5) is 2.33. The standard InChI is InChI=1S/C78H50N2O/c1-3-14-51(15-4-1)52-26-28-53(29-27-52)58-37-46-74-72(49-58)73-50-59(38-47-75(73)80(74)63-41-32-54(33-42-63)57-36-45-69-67-20-8-7-18-65(67)66-19-9-10-21-68(66)71(69)48-57)55-30-39-61(40-31-55)79(60-16-5-2-6-17-60)62-43-34-56(35-44-62)64-23-13-25-77-78(64)70-22-11-12-24-76(70)81-77/h1-50H. The van der Waals surface area contributed by atoms with Crippen LogP contribution < -0.4 is 4.90 Å². The minimum Gasteiger partial charge on any atom is -0.456 e. The normalized spacial score (nSPS) is 11.7. The molecule has 81 heavy (non-hydrogen) atoms. The second-order valence-corrected chi connectivity index (χ2v) is 21.2. The average molecular weight is 1030 g/mol. The average Bonchev–Trinajstić information content (AvgIpc) is 4.29. The van der Waals surface area contributed by atoms with E-state index in [0.717, 1.165) is 72.5 Å². The summed E-state index contributed by atoms with van der Waals surface area (Å²) in [5, 5.41) is 12.4. The highest BCUT2D eigenvalue weighted by molar-refractivity contribution is 6.26. The smallest absolute Gasteiger partial charge is 0.136 e. The fourth-order valence-electron chi connectivity index (χ4n) is 12.7. The molecule has 0 N–H and O–H groups in total. The van der Waals surface area contributed by atoms with E-state index in [1.807, 2.05) is 12.1 Å². The Morgan fingerprint density at radius 2 is 0.617 bits per heavy atom. The lowest BCUT2D eigenvalue weighted by atomic mass is 9.92. The summed E-state index contributed by atoms with van der Waals surface area (Å²) in [5.74, 6) is 0. The maximum atomic E-state index is 6.26. The highest BCUT2D eigenvalue weighted by atomic mass is 16.3. The van der Waals surface area contributed by atoms with Gasteiger partial charge in [-0.3, -0.25) is 0 Å². The van der Waals surface area contributed by atoms with E-state index in [4.69, 9.17) is 4.42 Å². The SMILES string of the molecule is c1ccc(-c2ccc(-c3ccc4c(c3)c3cc(-c5ccc(N(c6ccccc6)c6ccc(-c7cccc8oc9ccccc9c78)cc6)cc5)ccc3n4-c3ccc(-c4ccc5c6ccccc6c6ccccc6c5c4)cc3)cc2)cc1. The van der Waals surface area contributed by atoms with Crippen LogP contribution in [0.1, 0.15) is 0 Å². The number of aromatic nitrogens is 1. The summed E-state index contributed by atoms with van der Waals surface area (Å²) in [6, 6.07) is 110. The second-order valence-electron chi connectivity index (χ2n) is 21.2. The first-order valence-corrected chi connectivity index (χ1v) is 27.8. The van der Waals surface area contributed by atoms with Crippen LogP contribution in [-0.2, 0) is 0 Å². The summed E-state index contributed by atoms with van der Waals surface area (Å²) in [6.07, 6.45) is 0. The highest BCUT2D eigenvalue weighted by Gasteiger charge is 2.19. The predicted octanol–water partition coefficient (Wildman–Crippen LogP) is 21.9. The molecule has 3 heteroatoms. The Labute approximate surface area is 469 Å². The zero-order valence-electron chi connectivity index (χ0n) is 44.2. The fourth-order valence-corrected chi connectivity index (χ4v) is 12.7. The number of furan rings is 1. The number of anilines is 3. The van der Waals surface area contributed by atoms with Gasteiger partial charge in [-0.05, 0) is 179 Å². The van der Waals surface area contributed by atoms with Crippen molar-refractivity contribution in [3.63, 3.8) is 0 Å². The first kappa shape index (κ1) is 46.4. The van der Waals surface area contributed by atoms with Crippen molar-refractivity contribution < 1.29 is 4.42 Å². The fraction of sp³-hybridized carbons (Fsp3) is 0. The van der Waals surface area contributed by atoms with Crippen molar-refractivity contribution in [3.8, 4) is 61.3 Å². The summed E-state index contributed by atoms with van der Waals surface area (Å²) >= 11 is 0. The molecule has 0 aliphatic rings. The van der Waals surface area contributed by atoms with Crippen LogP contribution in [-0.4, -0.2) is 4.57 Å². The van der Waals surface area contributed by atoms with Gasteiger partial charge in [0.15, 0.2) is 0 Å². The number of para-hydroxylation sites is 2. The summed E-state index contributed by atoms with van der Waals surface area (Å²) < 4.78 is 8.70. The molecule has 0 aliphatic carbocycles. The molecular weight excluding hydrogens is 981 g/mol. The van der Waals surface area contributed by atoms with Crippen molar-refractivity contribution in [1.82, 2.24) is 4.57 Å². The maximum Gasteiger partial charge on any atom is 0.136 e. The van der Waals surface area contributed by atoms with E-state index in [-0.39, 0.29) is 0 Å². The maximum absolute atomic E-state index is 6.26. The Bertz CT molecular complexity index is 5020. The van der Waals surface area contributed by atoms with Crippen LogP contribution in [0.4, 0.5) is 17.1 Å². The van der Waals surface area contributed by atoms with Crippen LogP contribution >= 0.6 is 0 Å². The van der Waals surface area contributed by atoms with E-state index >= 15 is 0 Å². The molecule has 2 aromatic heterocycles. The minimum atomic E-state index is 0.898. The van der Waals surface area contributed by atoms with Crippen molar-refractivity contribution in [2.24, 2.45) is 0 Å². The van der Waals surface area contributed by atoms with Gasteiger partial charge < -0.3 is 13.9 Å². The molecule has 2 heterocycles. The molecule has 0 unspecified atom stereocenters. The van der Waals surface area contributed by atoms with Crippen molar-refractivity contribution >= 4 is 93.1 Å². The molecular formula is C78H50N2O. The molecule has 0 aliphatic heterocycles. The first-order valence-electron chi connectivity index (χ1n) is 27.8. The molecule has 0 bridgehead atoms. The predicted molar refractivity (Wildman–Crippen MR) is 342 cm³/mol. The van der Waals surface area contributed by atoms with Gasteiger partial charge in [0.25, 0.3) is 0 Å². The van der Waals surface area contributed by atoms with Gasteiger partial charge in [0.1, 0.15) is 11.2 Å². The monoisotopic (exact) mass is 1030 g/mol. The third-order valence-electron chi connectivity index (χ3n) is 16.6. The van der Waals surface area contributed by atoms with E-state index in [2.05, 4.69) is 301 Å². The van der Waals surface area contributed by atoms with Gasteiger partial charge in [-0.1, -0.05) is 212 Å². The lowest BCUT2D eigenvalue weighted by Gasteiger charge is -2.26. The lowest BCUT2D eigenvalue weighted by molar-refractivity contribution is 0.669. The van der Waals surface area contributed by atoms with Gasteiger partial charge in [0, 0.05) is 44.3 Å². The molecule has 0 radical (unpaired) electrons. The summed E-state index contributed by atoms with van der Waals surface area (Å²) in [7, 11) is 0. The third kappa shape index (κ3) is 7.89.